The first-order chi connectivity index (χ1) is 15.5. The van der Waals surface area contributed by atoms with E-state index >= 15 is 0 Å². The molecule has 3 aromatic rings. The Morgan fingerprint density at radius 2 is 1.22 bits per heavy atom. The highest BCUT2D eigenvalue weighted by Crippen LogP contribution is 2.13. The number of hydrogen-bond acceptors (Lipinski definition) is 0. The molecule has 0 atom stereocenters. The van der Waals surface area contributed by atoms with Crippen LogP contribution in [0.2, 0.25) is 0 Å². The van der Waals surface area contributed by atoms with Gasteiger partial charge in [0.15, 0.2) is 0 Å². The van der Waals surface area contributed by atoms with E-state index in [9.17, 15) is 8.78 Å². The summed E-state index contributed by atoms with van der Waals surface area (Å²) >= 11 is 0. The van der Waals surface area contributed by atoms with Crippen LogP contribution < -0.4 is 0 Å². The van der Waals surface area contributed by atoms with Gasteiger partial charge in [0.25, 0.3) is 0 Å². The fourth-order valence-electron chi connectivity index (χ4n) is 3.34. The van der Waals surface area contributed by atoms with Crippen molar-refractivity contribution in [2.45, 2.75) is 52.4 Å². The summed E-state index contributed by atoms with van der Waals surface area (Å²) in [5, 5.41) is 0. The molecular weight excluding hydrogens is 398 g/mol. The zero-order chi connectivity index (χ0) is 22.8. The van der Waals surface area contributed by atoms with Gasteiger partial charge in [-0.15, -0.1) is 0 Å². The highest BCUT2D eigenvalue weighted by Gasteiger charge is 2.01. The number of hydrogen-bond donors (Lipinski definition) is 0. The van der Waals surface area contributed by atoms with Crippen LogP contribution in [0, 0.1) is 42.2 Å². The zero-order valence-electron chi connectivity index (χ0n) is 18.8. The minimum Gasteiger partial charge on any atom is -0.207 e. The molecule has 0 radical (unpaired) electrons. The van der Waals surface area contributed by atoms with E-state index in [-0.39, 0.29) is 5.82 Å². The molecule has 3 aromatic carbocycles. The number of halogens is 2. The molecule has 0 aliphatic rings. The Morgan fingerprint density at radius 1 is 0.625 bits per heavy atom. The van der Waals surface area contributed by atoms with Crippen molar-refractivity contribution >= 4 is 0 Å². The van der Waals surface area contributed by atoms with Crippen LogP contribution in [0.25, 0.3) is 0 Å². The maximum atomic E-state index is 14.5. The van der Waals surface area contributed by atoms with E-state index in [0.717, 1.165) is 12.0 Å². The van der Waals surface area contributed by atoms with Crippen LogP contribution in [0.5, 0.6) is 0 Å². The fraction of sp³-hybridized carbons (Fsp3) is 0.267. The van der Waals surface area contributed by atoms with Crippen LogP contribution in [-0.2, 0) is 6.42 Å². The van der Waals surface area contributed by atoms with Crippen molar-refractivity contribution in [2.24, 2.45) is 0 Å². The summed E-state index contributed by atoms with van der Waals surface area (Å²) in [5.74, 6) is 11.0. The first-order valence-corrected chi connectivity index (χ1v) is 11.2. The second-order valence-electron chi connectivity index (χ2n) is 8.02. The van der Waals surface area contributed by atoms with E-state index in [1.54, 1.807) is 31.2 Å². The summed E-state index contributed by atoms with van der Waals surface area (Å²) in [7, 11) is 0. The van der Waals surface area contributed by atoms with Crippen LogP contribution in [0.15, 0.2) is 60.7 Å². The van der Waals surface area contributed by atoms with Gasteiger partial charge in [0.2, 0.25) is 0 Å². The van der Waals surface area contributed by atoms with Gasteiger partial charge < -0.3 is 0 Å². The van der Waals surface area contributed by atoms with Gasteiger partial charge in [-0.1, -0.05) is 74.5 Å². The third-order valence-corrected chi connectivity index (χ3v) is 5.36. The number of aryl methyl sites for hydroxylation is 2. The molecule has 162 valence electrons. The average molecular weight is 427 g/mol. The van der Waals surface area contributed by atoms with E-state index in [0.29, 0.717) is 22.3 Å². The Bertz CT molecular complexity index is 1170. The van der Waals surface area contributed by atoms with Crippen molar-refractivity contribution in [1.82, 2.24) is 0 Å². The third-order valence-electron chi connectivity index (χ3n) is 5.36. The number of benzene rings is 3. The SMILES string of the molecule is CCCCCCCc1ccc(C#Cc2ccc(C#Cc3ccc(C)c(F)c3)cc2F)cc1. The van der Waals surface area contributed by atoms with E-state index in [1.807, 2.05) is 12.1 Å². The molecule has 0 aliphatic heterocycles. The monoisotopic (exact) mass is 426 g/mol. The average Bonchev–Trinajstić information content (AvgIpc) is 2.80. The normalized spacial score (nSPS) is 10.1. The van der Waals surface area contributed by atoms with Crippen molar-refractivity contribution in [3.8, 4) is 23.7 Å². The van der Waals surface area contributed by atoms with Crippen molar-refractivity contribution in [3.05, 3.63) is 106 Å². The highest BCUT2D eigenvalue weighted by atomic mass is 19.1. The molecule has 0 aromatic heterocycles. The molecule has 3 rings (SSSR count). The van der Waals surface area contributed by atoms with Crippen LogP contribution >= 0.6 is 0 Å². The van der Waals surface area contributed by atoms with E-state index in [2.05, 4.69) is 42.7 Å². The molecule has 32 heavy (non-hydrogen) atoms. The predicted octanol–water partition coefficient (Wildman–Crippen LogP) is 7.59. The molecule has 0 spiro atoms. The van der Waals surface area contributed by atoms with Crippen molar-refractivity contribution < 1.29 is 8.78 Å². The molecule has 0 amide bonds. The summed E-state index contributed by atoms with van der Waals surface area (Å²) in [4.78, 5) is 0. The molecule has 0 N–H and O–H groups in total. The van der Waals surface area contributed by atoms with Crippen LogP contribution in [-0.4, -0.2) is 0 Å². The second-order valence-corrected chi connectivity index (χ2v) is 8.02. The van der Waals surface area contributed by atoms with Crippen LogP contribution in [0.1, 0.15) is 72.4 Å². The molecule has 0 bridgehead atoms. The van der Waals surface area contributed by atoms with Gasteiger partial charge in [-0.25, -0.2) is 8.78 Å². The summed E-state index contributed by atoms with van der Waals surface area (Å²) in [6, 6.07) is 17.7. The number of unbranched alkanes of at least 4 members (excludes halogenated alkanes) is 4. The van der Waals surface area contributed by atoms with Gasteiger partial charge >= 0.3 is 0 Å². The van der Waals surface area contributed by atoms with Gasteiger partial charge in [-0.05, 0) is 73.4 Å². The Kier molecular flexibility index (Phi) is 8.65. The fourth-order valence-corrected chi connectivity index (χ4v) is 3.34. The first-order valence-electron chi connectivity index (χ1n) is 11.2. The van der Waals surface area contributed by atoms with E-state index in [4.69, 9.17) is 0 Å². The third kappa shape index (κ3) is 7.11. The largest absolute Gasteiger partial charge is 0.207 e. The van der Waals surface area contributed by atoms with Gasteiger partial charge in [0.05, 0.1) is 5.56 Å². The maximum absolute atomic E-state index is 14.5. The Balaban J connectivity index is 1.62. The zero-order valence-corrected chi connectivity index (χ0v) is 18.8. The van der Waals surface area contributed by atoms with E-state index < -0.39 is 5.82 Å². The minimum atomic E-state index is -0.414. The quantitative estimate of drug-likeness (QED) is 0.281. The summed E-state index contributed by atoms with van der Waals surface area (Å²) in [6.07, 6.45) is 7.45. The van der Waals surface area contributed by atoms with Gasteiger partial charge in [0.1, 0.15) is 11.6 Å². The second kappa shape index (κ2) is 11.9. The Hall–Kier alpha value is -3.36. The summed E-state index contributed by atoms with van der Waals surface area (Å²) < 4.78 is 28.1. The van der Waals surface area contributed by atoms with Gasteiger partial charge in [-0.3, -0.25) is 0 Å². The molecule has 2 heteroatoms. The summed E-state index contributed by atoms with van der Waals surface area (Å²) in [6.45, 7) is 3.93. The molecule has 0 nitrogen and oxygen atoms in total. The summed E-state index contributed by atoms with van der Waals surface area (Å²) in [5.41, 5.74) is 4.16. The predicted molar refractivity (Wildman–Crippen MR) is 128 cm³/mol. The molecule has 0 saturated heterocycles. The highest BCUT2D eigenvalue weighted by molar-refractivity contribution is 5.49. The molecule has 0 fully saturated rings. The molecule has 0 unspecified atom stereocenters. The lowest BCUT2D eigenvalue weighted by Gasteiger charge is -2.02. The van der Waals surface area contributed by atoms with Crippen LogP contribution in [0.4, 0.5) is 8.78 Å². The first kappa shape index (κ1) is 23.3. The van der Waals surface area contributed by atoms with Gasteiger partial charge in [0, 0.05) is 16.7 Å². The van der Waals surface area contributed by atoms with Crippen molar-refractivity contribution in [1.29, 1.82) is 0 Å². The lowest BCUT2D eigenvalue weighted by atomic mass is 10.0. The molecule has 0 aliphatic carbocycles. The van der Waals surface area contributed by atoms with Gasteiger partial charge in [-0.2, -0.15) is 0 Å². The Morgan fingerprint density at radius 3 is 1.88 bits per heavy atom. The molecular formula is C30H28F2. The Labute approximate surface area is 190 Å². The molecule has 0 heterocycles. The van der Waals surface area contributed by atoms with Crippen molar-refractivity contribution in [2.75, 3.05) is 0 Å². The van der Waals surface area contributed by atoms with Crippen molar-refractivity contribution in [3.63, 3.8) is 0 Å². The minimum absolute atomic E-state index is 0.298. The smallest absolute Gasteiger partial charge is 0.140 e. The van der Waals surface area contributed by atoms with Crippen LogP contribution in [0.3, 0.4) is 0 Å². The molecule has 0 saturated carbocycles. The van der Waals surface area contributed by atoms with E-state index in [1.165, 1.54) is 49.8 Å². The standard InChI is InChI=1S/C30H28F2/c1-3-4-5-6-7-8-24-11-13-25(14-12-24)17-19-28-20-18-27(22-30(28)32)16-15-26-10-9-23(2)29(31)21-26/h9-14,18,20-22H,3-8H2,1-2H3. The maximum Gasteiger partial charge on any atom is 0.140 e. The topological polar surface area (TPSA) is 0 Å². The lowest BCUT2D eigenvalue weighted by Crippen LogP contribution is -1.88. The lowest BCUT2D eigenvalue weighted by molar-refractivity contribution is 0.618. The number of rotatable bonds is 6.